The summed E-state index contributed by atoms with van der Waals surface area (Å²) in [6.45, 7) is 0. The zero-order chi connectivity index (χ0) is 15.2. The number of anilines is 1. The molecule has 3 atom stereocenters. The van der Waals surface area contributed by atoms with Crippen LogP contribution in [0.4, 0.5) is 18.9 Å². The second-order valence-electron chi connectivity index (χ2n) is 5.96. The van der Waals surface area contributed by atoms with Crippen LogP contribution in [0.3, 0.4) is 0 Å². The van der Waals surface area contributed by atoms with E-state index >= 15 is 0 Å². The summed E-state index contributed by atoms with van der Waals surface area (Å²) in [5, 5.41) is 2.66. The van der Waals surface area contributed by atoms with Gasteiger partial charge < -0.3 is 5.32 Å². The molecule has 2 saturated carbocycles. The molecule has 2 bridgehead atoms. The van der Waals surface area contributed by atoms with Gasteiger partial charge in [0.05, 0.1) is 11.3 Å². The second kappa shape index (κ2) is 5.30. The monoisotopic (exact) mass is 361 g/mol. The van der Waals surface area contributed by atoms with Crippen LogP contribution in [0.2, 0.25) is 0 Å². The molecular weight excluding hydrogens is 347 g/mol. The highest BCUT2D eigenvalue weighted by Crippen LogP contribution is 2.48. The Morgan fingerprint density at radius 2 is 2.00 bits per heavy atom. The third-order valence-corrected chi connectivity index (χ3v) is 5.32. The van der Waals surface area contributed by atoms with E-state index in [-0.39, 0.29) is 17.5 Å². The predicted octanol–water partition coefficient (Wildman–Crippen LogP) is 4.84. The maximum absolute atomic E-state index is 12.7. The van der Waals surface area contributed by atoms with E-state index in [0.717, 1.165) is 31.4 Å². The first-order valence-corrected chi connectivity index (χ1v) is 7.81. The summed E-state index contributed by atoms with van der Waals surface area (Å²) >= 11 is 3.19. The van der Waals surface area contributed by atoms with Crippen molar-refractivity contribution in [2.45, 2.75) is 31.9 Å². The molecule has 1 aromatic rings. The standard InChI is InChI=1S/C15H15BrF3NO/c16-12-4-3-10(15(17,18)19)7-13(12)20-14(21)11-6-8-1-2-9(11)5-8/h3-4,7-9,11H,1-2,5-6H2,(H,20,21). The van der Waals surface area contributed by atoms with Crippen LogP contribution in [0.25, 0.3) is 0 Å². The number of alkyl halides is 3. The molecule has 0 aliphatic heterocycles. The second-order valence-corrected chi connectivity index (χ2v) is 6.82. The molecule has 3 unspecified atom stereocenters. The quantitative estimate of drug-likeness (QED) is 0.801. The fraction of sp³-hybridized carbons (Fsp3) is 0.533. The molecule has 1 N–H and O–H groups in total. The molecule has 21 heavy (non-hydrogen) atoms. The summed E-state index contributed by atoms with van der Waals surface area (Å²) < 4.78 is 38.7. The minimum Gasteiger partial charge on any atom is -0.325 e. The van der Waals surface area contributed by atoms with Crippen molar-refractivity contribution >= 4 is 27.5 Å². The van der Waals surface area contributed by atoms with Crippen molar-refractivity contribution in [2.24, 2.45) is 17.8 Å². The number of halogens is 4. The van der Waals surface area contributed by atoms with E-state index in [0.29, 0.717) is 16.3 Å². The third kappa shape index (κ3) is 2.96. The highest BCUT2D eigenvalue weighted by molar-refractivity contribution is 9.10. The van der Waals surface area contributed by atoms with Gasteiger partial charge in [-0.15, -0.1) is 0 Å². The maximum Gasteiger partial charge on any atom is 0.416 e. The van der Waals surface area contributed by atoms with E-state index in [4.69, 9.17) is 0 Å². The van der Waals surface area contributed by atoms with E-state index in [1.807, 2.05) is 0 Å². The molecule has 0 saturated heterocycles. The molecule has 0 radical (unpaired) electrons. The normalized spacial score (nSPS) is 27.9. The number of hydrogen-bond donors (Lipinski definition) is 1. The molecule has 2 nitrogen and oxygen atoms in total. The summed E-state index contributed by atoms with van der Waals surface area (Å²) in [6, 6.07) is 3.30. The van der Waals surface area contributed by atoms with Gasteiger partial charge in [-0.1, -0.05) is 6.42 Å². The first kappa shape index (κ1) is 14.9. The average molecular weight is 362 g/mol. The van der Waals surface area contributed by atoms with E-state index in [1.165, 1.54) is 12.5 Å². The molecule has 3 rings (SSSR count). The molecule has 2 fully saturated rings. The summed E-state index contributed by atoms with van der Waals surface area (Å²) in [5.41, 5.74) is -0.563. The van der Waals surface area contributed by atoms with E-state index < -0.39 is 11.7 Å². The highest BCUT2D eigenvalue weighted by Gasteiger charge is 2.43. The number of carbonyl (C=O) groups excluding carboxylic acids is 1. The molecule has 0 heterocycles. The maximum atomic E-state index is 12.7. The Balaban J connectivity index is 1.76. The van der Waals surface area contributed by atoms with Crippen LogP contribution in [0.15, 0.2) is 22.7 Å². The van der Waals surface area contributed by atoms with Gasteiger partial charge in [0.2, 0.25) is 5.91 Å². The molecule has 6 heteroatoms. The van der Waals surface area contributed by atoms with Crippen molar-refractivity contribution in [3.8, 4) is 0 Å². The molecule has 0 aromatic heterocycles. The van der Waals surface area contributed by atoms with Crippen LogP contribution in [0.5, 0.6) is 0 Å². The molecule has 1 amide bonds. The van der Waals surface area contributed by atoms with E-state index in [2.05, 4.69) is 21.2 Å². The number of amides is 1. The predicted molar refractivity (Wildman–Crippen MR) is 76.7 cm³/mol. The van der Waals surface area contributed by atoms with Crippen molar-refractivity contribution in [3.05, 3.63) is 28.2 Å². The SMILES string of the molecule is O=C(Nc1cc(C(F)(F)F)ccc1Br)C1CC2CCC1C2. The third-order valence-electron chi connectivity index (χ3n) is 4.63. The van der Waals surface area contributed by atoms with Gasteiger partial charge >= 0.3 is 6.18 Å². The Morgan fingerprint density at radius 3 is 2.57 bits per heavy atom. The average Bonchev–Trinajstić information content (AvgIpc) is 3.02. The fourth-order valence-corrected chi connectivity index (χ4v) is 3.93. The van der Waals surface area contributed by atoms with Crippen molar-refractivity contribution in [1.29, 1.82) is 0 Å². The van der Waals surface area contributed by atoms with Gasteiger partial charge in [-0.2, -0.15) is 13.2 Å². The minimum absolute atomic E-state index is 0.0507. The smallest absolute Gasteiger partial charge is 0.325 e. The molecule has 2 aliphatic rings. The fourth-order valence-electron chi connectivity index (χ4n) is 3.59. The number of carbonyl (C=O) groups is 1. The van der Waals surface area contributed by atoms with Crippen molar-refractivity contribution in [3.63, 3.8) is 0 Å². The van der Waals surface area contributed by atoms with Gasteiger partial charge in [-0.05, 0) is 65.2 Å². The highest BCUT2D eigenvalue weighted by atomic mass is 79.9. The van der Waals surface area contributed by atoms with E-state index in [9.17, 15) is 18.0 Å². The first-order chi connectivity index (χ1) is 9.84. The molecule has 0 spiro atoms. The topological polar surface area (TPSA) is 29.1 Å². The number of nitrogens with one attached hydrogen (secondary N) is 1. The lowest BCUT2D eigenvalue weighted by Gasteiger charge is -2.21. The summed E-state index contributed by atoms with van der Waals surface area (Å²) in [4.78, 5) is 12.3. The lowest BCUT2D eigenvalue weighted by molar-refractivity contribution is -0.137. The van der Waals surface area contributed by atoms with Crippen LogP contribution >= 0.6 is 15.9 Å². The zero-order valence-electron chi connectivity index (χ0n) is 11.2. The van der Waals surface area contributed by atoms with Gasteiger partial charge in [0, 0.05) is 10.4 Å². The van der Waals surface area contributed by atoms with Crippen molar-refractivity contribution in [1.82, 2.24) is 0 Å². The zero-order valence-corrected chi connectivity index (χ0v) is 12.8. The lowest BCUT2D eigenvalue weighted by Crippen LogP contribution is -2.27. The summed E-state index contributed by atoms with van der Waals surface area (Å²) in [6.07, 6.45) is -0.213. The largest absolute Gasteiger partial charge is 0.416 e. The number of hydrogen-bond acceptors (Lipinski definition) is 1. The van der Waals surface area contributed by atoms with Gasteiger partial charge in [-0.3, -0.25) is 4.79 Å². The number of benzene rings is 1. The Morgan fingerprint density at radius 1 is 1.24 bits per heavy atom. The van der Waals surface area contributed by atoms with Gasteiger partial charge in [0.25, 0.3) is 0 Å². The number of rotatable bonds is 2. The molecule has 2 aliphatic carbocycles. The molecular formula is C15H15BrF3NO. The Bertz CT molecular complexity index is 573. The summed E-state index contributed by atoms with van der Waals surface area (Å²) in [7, 11) is 0. The van der Waals surface area contributed by atoms with Crippen LogP contribution in [0, 0.1) is 17.8 Å². The van der Waals surface area contributed by atoms with Gasteiger partial charge in [-0.25, -0.2) is 0 Å². The first-order valence-electron chi connectivity index (χ1n) is 7.02. The van der Waals surface area contributed by atoms with Crippen LogP contribution < -0.4 is 5.32 Å². The van der Waals surface area contributed by atoms with Crippen LogP contribution in [-0.4, -0.2) is 5.91 Å². The van der Waals surface area contributed by atoms with Crippen molar-refractivity contribution < 1.29 is 18.0 Å². The minimum atomic E-state index is -4.41. The Hall–Kier alpha value is -1.04. The van der Waals surface area contributed by atoms with Crippen LogP contribution in [0.1, 0.15) is 31.2 Å². The molecule has 114 valence electrons. The van der Waals surface area contributed by atoms with Gasteiger partial charge in [0.15, 0.2) is 0 Å². The van der Waals surface area contributed by atoms with E-state index in [1.54, 1.807) is 0 Å². The van der Waals surface area contributed by atoms with Crippen molar-refractivity contribution in [2.75, 3.05) is 5.32 Å². The molecule has 1 aromatic carbocycles. The Labute approximate surface area is 129 Å². The van der Waals surface area contributed by atoms with Crippen LogP contribution in [-0.2, 0) is 11.0 Å². The number of fused-ring (bicyclic) bond motifs is 2. The Kier molecular flexibility index (Phi) is 3.76. The lowest BCUT2D eigenvalue weighted by atomic mass is 9.88. The van der Waals surface area contributed by atoms with Gasteiger partial charge in [0.1, 0.15) is 0 Å². The summed E-state index contributed by atoms with van der Waals surface area (Å²) in [5.74, 6) is 0.822.